The van der Waals surface area contributed by atoms with Crippen LogP contribution in [0.1, 0.15) is 12.6 Å². The Morgan fingerprint density at radius 3 is 3.16 bits per heavy atom. The molecule has 2 atom stereocenters. The Labute approximate surface area is 113 Å². The molecule has 0 saturated carbocycles. The van der Waals surface area contributed by atoms with Crippen molar-refractivity contribution in [2.75, 3.05) is 19.7 Å². The van der Waals surface area contributed by atoms with E-state index >= 15 is 0 Å². The maximum Gasteiger partial charge on any atom is 0.137 e. The molecule has 0 bridgehead atoms. The number of imidazole rings is 1. The minimum Gasteiger partial charge on any atom is -0.374 e. The maximum atomic E-state index is 5.69. The molecule has 19 heavy (non-hydrogen) atoms. The summed E-state index contributed by atoms with van der Waals surface area (Å²) in [4.78, 5) is 7.03. The van der Waals surface area contributed by atoms with Gasteiger partial charge in [0.15, 0.2) is 0 Å². The third kappa shape index (κ3) is 2.63. The van der Waals surface area contributed by atoms with E-state index in [-0.39, 0.29) is 6.10 Å². The van der Waals surface area contributed by atoms with Crippen molar-refractivity contribution in [3.63, 3.8) is 0 Å². The van der Waals surface area contributed by atoms with Crippen molar-refractivity contribution < 1.29 is 4.74 Å². The average Bonchev–Trinajstić information content (AvgIpc) is 2.83. The van der Waals surface area contributed by atoms with Crippen molar-refractivity contribution >= 4 is 5.65 Å². The summed E-state index contributed by atoms with van der Waals surface area (Å²) in [6.45, 7) is 5.24. The summed E-state index contributed by atoms with van der Waals surface area (Å²) in [5.41, 5.74) is 7.78. The molecule has 1 aliphatic heterocycles. The standard InChI is InChI=1S/C14H20N4O/c1-11-10-19-13(6-15)9-18(11)8-12-7-17-5-3-2-4-14(17)16-12/h2-5,7,11,13H,6,8-10,15H2,1H3. The van der Waals surface area contributed by atoms with Gasteiger partial charge < -0.3 is 14.9 Å². The molecule has 1 saturated heterocycles. The highest BCUT2D eigenvalue weighted by Gasteiger charge is 2.25. The molecule has 5 nitrogen and oxygen atoms in total. The van der Waals surface area contributed by atoms with Crippen molar-refractivity contribution in [3.8, 4) is 0 Å². The molecule has 2 N–H and O–H groups in total. The van der Waals surface area contributed by atoms with Crippen LogP contribution in [0.5, 0.6) is 0 Å². The molecule has 1 aliphatic rings. The molecule has 0 radical (unpaired) electrons. The molecule has 0 aromatic carbocycles. The van der Waals surface area contributed by atoms with Crippen molar-refractivity contribution in [2.24, 2.45) is 5.73 Å². The number of nitrogens with zero attached hydrogens (tertiary/aromatic N) is 3. The number of hydrogen-bond donors (Lipinski definition) is 1. The van der Waals surface area contributed by atoms with Crippen LogP contribution in [-0.4, -0.2) is 46.1 Å². The molecule has 2 aromatic rings. The molecule has 0 aliphatic carbocycles. The fourth-order valence-corrected chi connectivity index (χ4v) is 2.51. The lowest BCUT2D eigenvalue weighted by Gasteiger charge is -2.37. The first-order chi connectivity index (χ1) is 9.26. The van der Waals surface area contributed by atoms with Gasteiger partial charge in [-0.1, -0.05) is 6.07 Å². The van der Waals surface area contributed by atoms with Crippen molar-refractivity contribution in [2.45, 2.75) is 25.6 Å². The van der Waals surface area contributed by atoms with E-state index in [1.807, 2.05) is 24.4 Å². The Morgan fingerprint density at radius 2 is 2.37 bits per heavy atom. The zero-order valence-electron chi connectivity index (χ0n) is 11.2. The third-order valence-electron chi connectivity index (χ3n) is 3.68. The summed E-state index contributed by atoms with van der Waals surface area (Å²) in [6, 6.07) is 6.45. The van der Waals surface area contributed by atoms with Gasteiger partial charge in [-0.3, -0.25) is 4.90 Å². The Morgan fingerprint density at radius 1 is 1.47 bits per heavy atom. The Hall–Kier alpha value is -1.43. The monoisotopic (exact) mass is 260 g/mol. The lowest BCUT2D eigenvalue weighted by Crippen LogP contribution is -2.50. The second-order valence-electron chi connectivity index (χ2n) is 5.17. The van der Waals surface area contributed by atoms with Crippen molar-refractivity contribution in [1.82, 2.24) is 14.3 Å². The van der Waals surface area contributed by atoms with Crippen molar-refractivity contribution in [1.29, 1.82) is 0 Å². The van der Waals surface area contributed by atoms with Gasteiger partial charge in [0.1, 0.15) is 5.65 Å². The van der Waals surface area contributed by atoms with Gasteiger partial charge in [-0.2, -0.15) is 0 Å². The number of pyridine rings is 1. The summed E-state index contributed by atoms with van der Waals surface area (Å²) < 4.78 is 7.73. The van der Waals surface area contributed by atoms with Gasteiger partial charge in [0.25, 0.3) is 0 Å². The quantitative estimate of drug-likeness (QED) is 0.890. The van der Waals surface area contributed by atoms with Crippen LogP contribution in [-0.2, 0) is 11.3 Å². The van der Waals surface area contributed by atoms with E-state index in [1.54, 1.807) is 0 Å². The van der Waals surface area contributed by atoms with Gasteiger partial charge >= 0.3 is 0 Å². The average molecular weight is 260 g/mol. The van der Waals surface area contributed by atoms with Gasteiger partial charge in [0, 0.05) is 38.1 Å². The van der Waals surface area contributed by atoms with E-state index in [0.29, 0.717) is 12.6 Å². The summed E-state index contributed by atoms with van der Waals surface area (Å²) in [6.07, 6.45) is 4.26. The zero-order valence-corrected chi connectivity index (χ0v) is 11.2. The first-order valence-corrected chi connectivity index (χ1v) is 6.74. The second-order valence-corrected chi connectivity index (χ2v) is 5.17. The first-order valence-electron chi connectivity index (χ1n) is 6.74. The Balaban J connectivity index is 1.75. The topological polar surface area (TPSA) is 55.8 Å². The van der Waals surface area contributed by atoms with Crippen LogP contribution < -0.4 is 5.73 Å². The lowest BCUT2D eigenvalue weighted by molar-refractivity contribution is -0.0570. The summed E-state index contributed by atoms with van der Waals surface area (Å²) >= 11 is 0. The molecule has 0 amide bonds. The Bertz CT molecular complexity index is 520. The molecule has 3 rings (SSSR count). The van der Waals surface area contributed by atoms with E-state index in [2.05, 4.69) is 27.4 Å². The van der Waals surface area contributed by atoms with Crippen LogP contribution in [0.15, 0.2) is 30.6 Å². The predicted molar refractivity (Wildman–Crippen MR) is 73.9 cm³/mol. The van der Waals surface area contributed by atoms with Crippen LogP contribution in [0.3, 0.4) is 0 Å². The number of aromatic nitrogens is 2. The smallest absolute Gasteiger partial charge is 0.137 e. The predicted octanol–water partition coefficient (Wildman–Crippen LogP) is 0.882. The molecule has 3 heterocycles. The zero-order chi connectivity index (χ0) is 13.2. The van der Waals surface area contributed by atoms with Gasteiger partial charge in [0.2, 0.25) is 0 Å². The minimum atomic E-state index is 0.147. The first kappa shape index (κ1) is 12.6. The highest BCUT2D eigenvalue weighted by molar-refractivity contribution is 5.39. The third-order valence-corrected chi connectivity index (χ3v) is 3.68. The minimum absolute atomic E-state index is 0.147. The summed E-state index contributed by atoms with van der Waals surface area (Å²) in [7, 11) is 0. The van der Waals surface area contributed by atoms with Gasteiger partial charge in [-0.15, -0.1) is 0 Å². The van der Waals surface area contributed by atoms with E-state index in [9.17, 15) is 0 Å². The Kier molecular flexibility index (Phi) is 3.50. The molecule has 102 valence electrons. The van der Waals surface area contributed by atoms with Crippen LogP contribution in [0, 0.1) is 0 Å². The largest absolute Gasteiger partial charge is 0.374 e. The molecular weight excluding hydrogens is 240 g/mol. The number of ether oxygens (including phenoxy) is 1. The highest BCUT2D eigenvalue weighted by atomic mass is 16.5. The fraction of sp³-hybridized carbons (Fsp3) is 0.500. The molecule has 0 spiro atoms. The second kappa shape index (κ2) is 5.28. The fourth-order valence-electron chi connectivity index (χ4n) is 2.51. The molecular formula is C14H20N4O. The highest BCUT2D eigenvalue weighted by Crippen LogP contribution is 2.15. The summed E-state index contributed by atoms with van der Waals surface area (Å²) in [5, 5.41) is 0. The molecule has 5 heteroatoms. The number of morpholine rings is 1. The van der Waals surface area contributed by atoms with E-state index in [0.717, 1.165) is 31.0 Å². The number of hydrogen-bond acceptors (Lipinski definition) is 4. The lowest BCUT2D eigenvalue weighted by atomic mass is 10.2. The summed E-state index contributed by atoms with van der Waals surface area (Å²) in [5.74, 6) is 0. The van der Waals surface area contributed by atoms with Crippen LogP contribution in [0.25, 0.3) is 5.65 Å². The van der Waals surface area contributed by atoms with Gasteiger partial charge in [0.05, 0.1) is 18.4 Å². The molecule has 2 aromatic heterocycles. The van der Waals surface area contributed by atoms with Crippen LogP contribution >= 0.6 is 0 Å². The SMILES string of the molecule is CC1COC(CN)CN1Cc1cn2ccccc2n1. The van der Waals surface area contributed by atoms with Crippen molar-refractivity contribution in [3.05, 3.63) is 36.3 Å². The van der Waals surface area contributed by atoms with Crippen LogP contribution in [0.4, 0.5) is 0 Å². The normalized spacial score (nSPS) is 24.9. The van der Waals surface area contributed by atoms with Gasteiger partial charge in [-0.05, 0) is 19.1 Å². The van der Waals surface area contributed by atoms with Gasteiger partial charge in [-0.25, -0.2) is 4.98 Å². The van der Waals surface area contributed by atoms with E-state index in [1.165, 1.54) is 0 Å². The molecule has 2 unspecified atom stereocenters. The van der Waals surface area contributed by atoms with Crippen LogP contribution in [0.2, 0.25) is 0 Å². The number of nitrogens with two attached hydrogens (primary N) is 1. The molecule has 1 fully saturated rings. The maximum absolute atomic E-state index is 5.69. The number of rotatable bonds is 3. The number of fused-ring (bicyclic) bond motifs is 1. The van der Waals surface area contributed by atoms with E-state index in [4.69, 9.17) is 10.5 Å². The van der Waals surface area contributed by atoms with E-state index < -0.39 is 0 Å².